The van der Waals surface area contributed by atoms with E-state index in [0.717, 1.165) is 19.5 Å². The third-order valence-electron chi connectivity index (χ3n) is 2.35. The van der Waals surface area contributed by atoms with Crippen LogP contribution in [0.3, 0.4) is 0 Å². The van der Waals surface area contributed by atoms with Gasteiger partial charge in [0.15, 0.2) is 0 Å². The maximum absolute atomic E-state index is 11.3. The van der Waals surface area contributed by atoms with E-state index in [1.165, 1.54) is 12.8 Å². The molecular weight excluding hydrogens is 174 g/mol. The first kappa shape index (κ1) is 9.85. The minimum absolute atomic E-state index is 0.286. The van der Waals surface area contributed by atoms with Gasteiger partial charge < -0.3 is 4.90 Å². The highest BCUT2D eigenvalue weighted by Gasteiger charge is 2.27. The molecule has 3 heteroatoms. The van der Waals surface area contributed by atoms with Gasteiger partial charge in [-0.3, -0.25) is 4.79 Å². The number of alkyl halides is 1. The van der Waals surface area contributed by atoms with Gasteiger partial charge in [0, 0.05) is 25.4 Å². The number of halogens is 1. The van der Waals surface area contributed by atoms with E-state index in [9.17, 15) is 4.79 Å². The quantitative estimate of drug-likeness (QED) is 0.619. The summed E-state index contributed by atoms with van der Waals surface area (Å²) in [5.41, 5.74) is 0. The average molecular weight is 190 g/mol. The molecule has 1 fully saturated rings. The molecular formula is C9H16ClNO. The van der Waals surface area contributed by atoms with Crippen molar-refractivity contribution in [1.29, 1.82) is 0 Å². The normalized spacial score (nSPS) is 23.7. The summed E-state index contributed by atoms with van der Waals surface area (Å²) in [6.07, 6.45) is 3.09. The fourth-order valence-corrected chi connectivity index (χ4v) is 1.98. The number of likely N-dealkylation sites (tertiary alicyclic amines) is 1. The Hall–Kier alpha value is -0.240. The highest BCUT2D eigenvalue weighted by molar-refractivity contribution is 6.18. The van der Waals surface area contributed by atoms with Crippen molar-refractivity contribution >= 4 is 17.5 Å². The van der Waals surface area contributed by atoms with Crippen molar-refractivity contribution < 1.29 is 4.79 Å². The van der Waals surface area contributed by atoms with Crippen molar-refractivity contribution in [3.8, 4) is 0 Å². The third kappa shape index (κ3) is 2.37. The van der Waals surface area contributed by atoms with Crippen molar-refractivity contribution in [2.45, 2.75) is 26.2 Å². The van der Waals surface area contributed by atoms with E-state index in [0.29, 0.717) is 11.8 Å². The van der Waals surface area contributed by atoms with Crippen LogP contribution in [0.2, 0.25) is 0 Å². The average Bonchev–Trinajstić information content (AvgIpc) is 2.34. The molecule has 1 unspecified atom stereocenters. The molecule has 1 atom stereocenters. The maximum Gasteiger partial charge on any atom is 0.222 e. The molecule has 0 saturated carbocycles. The van der Waals surface area contributed by atoms with Gasteiger partial charge in [0.1, 0.15) is 0 Å². The topological polar surface area (TPSA) is 20.3 Å². The Morgan fingerprint density at radius 1 is 1.67 bits per heavy atom. The molecule has 0 aliphatic carbocycles. The smallest absolute Gasteiger partial charge is 0.222 e. The summed E-state index contributed by atoms with van der Waals surface area (Å²) in [6.45, 7) is 3.81. The zero-order chi connectivity index (χ0) is 8.97. The monoisotopic (exact) mass is 189 g/mol. The maximum atomic E-state index is 11.3. The summed E-state index contributed by atoms with van der Waals surface area (Å²) in [5, 5.41) is 0. The van der Waals surface area contributed by atoms with Crippen molar-refractivity contribution in [1.82, 2.24) is 4.90 Å². The first-order chi connectivity index (χ1) is 5.77. The minimum atomic E-state index is 0.286. The van der Waals surface area contributed by atoms with E-state index in [1.807, 2.05) is 4.90 Å². The predicted molar refractivity (Wildman–Crippen MR) is 50.3 cm³/mol. The molecule has 1 aliphatic rings. The van der Waals surface area contributed by atoms with Crippen LogP contribution in [0, 0.1) is 5.92 Å². The molecule has 0 aromatic heterocycles. The van der Waals surface area contributed by atoms with Gasteiger partial charge in [-0.2, -0.15) is 0 Å². The molecule has 0 aromatic carbocycles. The SMILES string of the molecule is CCCC1CC(=O)N(CCCl)C1. The Kier molecular flexibility index (Phi) is 3.86. The van der Waals surface area contributed by atoms with E-state index in [-0.39, 0.29) is 5.91 Å². The van der Waals surface area contributed by atoms with Gasteiger partial charge in [0.05, 0.1) is 0 Å². The molecule has 2 nitrogen and oxygen atoms in total. The van der Waals surface area contributed by atoms with Crippen LogP contribution >= 0.6 is 11.6 Å². The van der Waals surface area contributed by atoms with Crippen LogP contribution in [0.1, 0.15) is 26.2 Å². The second-order valence-corrected chi connectivity index (χ2v) is 3.77. The molecule has 0 N–H and O–H groups in total. The minimum Gasteiger partial charge on any atom is -0.341 e. The van der Waals surface area contributed by atoms with Crippen LogP contribution in [0.4, 0.5) is 0 Å². The lowest BCUT2D eigenvalue weighted by Gasteiger charge is -2.14. The number of hydrogen-bond donors (Lipinski definition) is 0. The number of nitrogens with zero attached hydrogens (tertiary/aromatic N) is 1. The van der Waals surface area contributed by atoms with Crippen molar-refractivity contribution in [3.63, 3.8) is 0 Å². The van der Waals surface area contributed by atoms with Crippen LogP contribution in [0.25, 0.3) is 0 Å². The molecule has 1 heterocycles. The Labute approximate surface area is 78.9 Å². The van der Waals surface area contributed by atoms with E-state index < -0.39 is 0 Å². The summed E-state index contributed by atoms with van der Waals surface area (Å²) in [4.78, 5) is 13.2. The Bertz CT molecular complexity index is 161. The summed E-state index contributed by atoms with van der Waals surface area (Å²) in [6, 6.07) is 0. The van der Waals surface area contributed by atoms with Crippen LogP contribution in [0.15, 0.2) is 0 Å². The van der Waals surface area contributed by atoms with Crippen LogP contribution in [0.5, 0.6) is 0 Å². The first-order valence-electron chi connectivity index (χ1n) is 4.61. The van der Waals surface area contributed by atoms with Crippen molar-refractivity contribution in [3.05, 3.63) is 0 Å². The van der Waals surface area contributed by atoms with Gasteiger partial charge in [0.2, 0.25) is 5.91 Å². The van der Waals surface area contributed by atoms with Crippen molar-refractivity contribution in [2.24, 2.45) is 5.92 Å². The second-order valence-electron chi connectivity index (χ2n) is 3.39. The number of amides is 1. The molecule has 1 saturated heterocycles. The van der Waals surface area contributed by atoms with E-state index in [1.54, 1.807) is 0 Å². The molecule has 0 spiro atoms. The standard InChI is InChI=1S/C9H16ClNO/c1-2-3-8-6-9(12)11(7-8)5-4-10/h8H,2-7H2,1H3. The molecule has 1 aliphatic heterocycles. The van der Waals surface area contributed by atoms with Gasteiger partial charge in [-0.25, -0.2) is 0 Å². The summed E-state index contributed by atoms with van der Waals surface area (Å²) in [5.74, 6) is 1.43. The number of hydrogen-bond acceptors (Lipinski definition) is 1. The molecule has 0 radical (unpaired) electrons. The van der Waals surface area contributed by atoms with Crippen molar-refractivity contribution in [2.75, 3.05) is 19.0 Å². The van der Waals surface area contributed by atoms with Crippen LogP contribution in [-0.2, 0) is 4.79 Å². The highest BCUT2D eigenvalue weighted by Crippen LogP contribution is 2.21. The van der Waals surface area contributed by atoms with E-state index in [4.69, 9.17) is 11.6 Å². The Balaban J connectivity index is 2.34. The van der Waals surface area contributed by atoms with Gasteiger partial charge in [-0.1, -0.05) is 13.3 Å². The summed E-state index contributed by atoms with van der Waals surface area (Å²) >= 11 is 5.58. The van der Waals surface area contributed by atoms with Crippen LogP contribution in [-0.4, -0.2) is 29.8 Å². The molecule has 0 bridgehead atoms. The fraction of sp³-hybridized carbons (Fsp3) is 0.889. The number of carbonyl (C=O) groups excluding carboxylic acids is 1. The number of rotatable bonds is 4. The second kappa shape index (κ2) is 4.70. The highest BCUT2D eigenvalue weighted by atomic mass is 35.5. The largest absolute Gasteiger partial charge is 0.341 e. The lowest BCUT2D eigenvalue weighted by atomic mass is 10.0. The molecule has 12 heavy (non-hydrogen) atoms. The molecule has 70 valence electrons. The lowest BCUT2D eigenvalue weighted by molar-refractivity contribution is -0.127. The van der Waals surface area contributed by atoms with Gasteiger partial charge in [-0.15, -0.1) is 11.6 Å². The van der Waals surface area contributed by atoms with E-state index in [2.05, 4.69) is 6.92 Å². The summed E-state index contributed by atoms with van der Waals surface area (Å²) in [7, 11) is 0. The van der Waals surface area contributed by atoms with Crippen LogP contribution < -0.4 is 0 Å². The Morgan fingerprint density at radius 2 is 2.42 bits per heavy atom. The molecule has 1 amide bonds. The van der Waals surface area contributed by atoms with Gasteiger partial charge >= 0.3 is 0 Å². The first-order valence-corrected chi connectivity index (χ1v) is 5.15. The zero-order valence-corrected chi connectivity index (χ0v) is 8.31. The van der Waals surface area contributed by atoms with Gasteiger partial charge in [-0.05, 0) is 12.3 Å². The summed E-state index contributed by atoms with van der Waals surface area (Å²) < 4.78 is 0. The molecule has 1 rings (SSSR count). The number of carbonyl (C=O) groups is 1. The zero-order valence-electron chi connectivity index (χ0n) is 7.55. The van der Waals surface area contributed by atoms with Gasteiger partial charge in [0.25, 0.3) is 0 Å². The fourth-order valence-electron chi connectivity index (χ4n) is 1.77. The third-order valence-corrected chi connectivity index (χ3v) is 2.51. The predicted octanol–water partition coefficient (Wildman–Crippen LogP) is 1.87. The lowest BCUT2D eigenvalue weighted by Crippen LogP contribution is -2.27. The van der Waals surface area contributed by atoms with E-state index >= 15 is 0 Å². The molecule has 0 aromatic rings. The Morgan fingerprint density at radius 3 is 3.00 bits per heavy atom.